The largest absolute Gasteiger partial charge is 0.444 e. The van der Waals surface area contributed by atoms with E-state index in [0.29, 0.717) is 18.0 Å². The number of rotatable bonds is 3. The van der Waals surface area contributed by atoms with E-state index in [4.69, 9.17) is 9.15 Å². The quantitative estimate of drug-likeness (QED) is 0.847. The Bertz CT molecular complexity index is 672. The van der Waals surface area contributed by atoms with E-state index in [-0.39, 0.29) is 12.2 Å². The van der Waals surface area contributed by atoms with Gasteiger partial charge >= 0.3 is 6.18 Å². The van der Waals surface area contributed by atoms with Gasteiger partial charge in [-0.2, -0.15) is 13.2 Å². The van der Waals surface area contributed by atoms with Crippen molar-refractivity contribution in [1.29, 1.82) is 0 Å². The summed E-state index contributed by atoms with van der Waals surface area (Å²) < 4.78 is 48.9. The van der Waals surface area contributed by atoms with Crippen molar-refractivity contribution >= 4 is 0 Å². The number of ether oxygens (including phenoxy) is 1. The molecule has 2 atom stereocenters. The minimum atomic E-state index is -4.34. The standard InChI is InChI=1S/C17H19F3N2O2/c1-11-7-22(8-12(2)24-11)9-15-10-23-16(21-15)13-3-5-14(6-4-13)17(18,19)20/h3-6,10-12H,7-9H2,1-2H3. The van der Waals surface area contributed by atoms with Gasteiger partial charge in [0.15, 0.2) is 0 Å². The lowest BCUT2D eigenvalue weighted by Gasteiger charge is -2.34. The van der Waals surface area contributed by atoms with Gasteiger partial charge in [-0.15, -0.1) is 0 Å². The van der Waals surface area contributed by atoms with Crippen LogP contribution in [0.25, 0.3) is 11.5 Å². The molecule has 0 bridgehead atoms. The summed E-state index contributed by atoms with van der Waals surface area (Å²) in [7, 11) is 0. The first-order valence-corrected chi connectivity index (χ1v) is 7.81. The summed E-state index contributed by atoms with van der Waals surface area (Å²) in [6.45, 7) is 6.31. The highest BCUT2D eigenvalue weighted by Gasteiger charge is 2.30. The topological polar surface area (TPSA) is 38.5 Å². The molecule has 0 N–H and O–H groups in total. The van der Waals surface area contributed by atoms with Crippen LogP contribution in [0, 0.1) is 0 Å². The molecule has 130 valence electrons. The molecule has 2 unspecified atom stereocenters. The summed E-state index contributed by atoms with van der Waals surface area (Å²) in [6.07, 6.45) is -2.47. The summed E-state index contributed by atoms with van der Waals surface area (Å²) >= 11 is 0. The van der Waals surface area contributed by atoms with Crippen molar-refractivity contribution in [2.45, 2.75) is 38.8 Å². The first kappa shape index (κ1) is 17.0. The van der Waals surface area contributed by atoms with Crippen LogP contribution in [0.5, 0.6) is 0 Å². The Morgan fingerprint density at radius 1 is 1.12 bits per heavy atom. The van der Waals surface area contributed by atoms with Gasteiger partial charge in [-0.3, -0.25) is 4.90 Å². The molecular formula is C17H19F3N2O2. The average Bonchev–Trinajstić information content (AvgIpc) is 2.94. The molecule has 3 rings (SSSR count). The average molecular weight is 340 g/mol. The van der Waals surface area contributed by atoms with Gasteiger partial charge in [-0.1, -0.05) is 0 Å². The Morgan fingerprint density at radius 3 is 2.33 bits per heavy atom. The summed E-state index contributed by atoms with van der Waals surface area (Å²) in [4.78, 5) is 6.62. The van der Waals surface area contributed by atoms with E-state index >= 15 is 0 Å². The van der Waals surface area contributed by atoms with Crippen LogP contribution >= 0.6 is 0 Å². The van der Waals surface area contributed by atoms with Gasteiger partial charge in [0.25, 0.3) is 0 Å². The molecule has 1 fully saturated rings. The van der Waals surface area contributed by atoms with Gasteiger partial charge in [-0.25, -0.2) is 4.98 Å². The van der Waals surface area contributed by atoms with Gasteiger partial charge in [0.2, 0.25) is 5.89 Å². The molecule has 1 aromatic carbocycles. The van der Waals surface area contributed by atoms with Crippen LogP contribution in [0.3, 0.4) is 0 Å². The van der Waals surface area contributed by atoms with Gasteiger partial charge in [-0.05, 0) is 38.1 Å². The SMILES string of the molecule is CC1CN(Cc2coc(-c3ccc(C(F)(F)F)cc3)n2)CC(C)O1. The third-order valence-electron chi connectivity index (χ3n) is 3.89. The number of hydrogen-bond donors (Lipinski definition) is 0. The normalized spacial score (nSPS) is 22.7. The van der Waals surface area contributed by atoms with Crippen molar-refractivity contribution in [3.8, 4) is 11.5 Å². The third-order valence-corrected chi connectivity index (χ3v) is 3.89. The maximum absolute atomic E-state index is 12.6. The molecule has 1 saturated heterocycles. The zero-order valence-corrected chi connectivity index (χ0v) is 13.5. The van der Waals surface area contributed by atoms with Crippen molar-refractivity contribution < 1.29 is 22.3 Å². The van der Waals surface area contributed by atoms with Crippen LogP contribution < -0.4 is 0 Å². The van der Waals surface area contributed by atoms with E-state index in [1.807, 2.05) is 13.8 Å². The highest BCUT2D eigenvalue weighted by atomic mass is 19.4. The molecule has 0 radical (unpaired) electrons. The summed E-state index contributed by atoms with van der Waals surface area (Å²) in [5, 5.41) is 0. The highest BCUT2D eigenvalue weighted by molar-refractivity contribution is 5.53. The predicted molar refractivity (Wildman–Crippen MR) is 82.2 cm³/mol. The molecule has 24 heavy (non-hydrogen) atoms. The van der Waals surface area contributed by atoms with E-state index in [0.717, 1.165) is 30.9 Å². The van der Waals surface area contributed by atoms with Crippen molar-refractivity contribution in [2.24, 2.45) is 0 Å². The van der Waals surface area contributed by atoms with Gasteiger partial charge in [0, 0.05) is 25.2 Å². The molecule has 0 saturated carbocycles. The fourth-order valence-electron chi connectivity index (χ4n) is 2.96. The molecule has 0 aliphatic carbocycles. The summed E-state index contributed by atoms with van der Waals surface area (Å²) in [6, 6.07) is 4.81. The van der Waals surface area contributed by atoms with Crippen molar-refractivity contribution in [1.82, 2.24) is 9.88 Å². The van der Waals surface area contributed by atoms with Gasteiger partial charge in [0.05, 0.1) is 23.5 Å². The van der Waals surface area contributed by atoms with Gasteiger partial charge < -0.3 is 9.15 Å². The second-order valence-electron chi connectivity index (χ2n) is 6.17. The molecule has 2 heterocycles. The molecule has 0 spiro atoms. The Balaban J connectivity index is 1.69. The fraction of sp³-hybridized carbons (Fsp3) is 0.471. The number of halogens is 3. The first-order chi connectivity index (χ1) is 11.3. The summed E-state index contributed by atoms with van der Waals surface area (Å²) in [5.74, 6) is 0.327. The number of hydrogen-bond acceptors (Lipinski definition) is 4. The zero-order chi connectivity index (χ0) is 17.3. The molecular weight excluding hydrogens is 321 g/mol. The second kappa shape index (κ2) is 6.57. The maximum atomic E-state index is 12.6. The fourth-order valence-corrected chi connectivity index (χ4v) is 2.96. The maximum Gasteiger partial charge on any atom is 0.416 e. The lowest BCUT2D eigenvalue weighted by atomic mass is 10.1. The highest BCUT2D eigenvalue weighted by Crippen LogP contribution is 2.30. The number of benzene rings is 1. The number of nitrogens with zero attached hydrogens (tertiary/aromatic N) is 2. The van der Waals surface area contributed by atoms with E-state index in [1.54, 1.807) is 6.26 Å². The Morgan fingerprint density at radius 2 is 1.75 bits per heavy atom. The van der Waals surface area contributed by atoms with Crippen LogP contribution in [-0.2, 0) is 17.5 Å². The third kappa shape index (κ3) is 3.96. The Kier molecular flexibility index (Phi) is 4.64. The van der Waals surface area contributed by atoms with E-state index in [2.05, 4.69) is 9.88 Å². The molecule has 1 aromatic heterocycles. The van der Waals surface area contributed by atoms with Crippen molar-refractivity contribution in [3.05, 3.63) is 41.8 Å². The van der Waals surface area contributed by atoms with Crippen LogP contribution in [0.4, 0.5) is 13.2 Å². The second-order valence-corrected chi connectivity index (χ2v) is 6.17. The number of aromatic nitrogens is 1. The lowest BCUT2D eigenvalue weighted by molar-refractivity contribution is -0.137. The molecule has 1 aliphatic rings. The minimum absolute atomic E-state index is 0.162. The number of morpholine rings is 1. The molecule has 2 aromatic rings. The Hall–Kier alpha value is -1.86. The van der Waals surface area contributed by atoms with Crippen LogP contribution in [-0.4, -0.2) is 35.2 Å². The number of oxazole rings is 1. The molecule has 0 amide bonds. The van der Waals surface area contributed by atoms with Crippen LogP contribution in [0.1, 0.15) is 25.1 Å². The zero-order valence-electron chi connectivity index (χ0n) is 13.5. The van der Waals surface area contributed by atoms with E-state index in [1.165, 1.54) is 12.1 Å². The van der Waals surface area contributed by atoms with E-state index < -0.39 is 11.7 Å². The predicted octanol–water partition coefficient (Wildman–Crippen LogP) is 3.97. The minimum Gasteiger partial charge on any atom is -0.444 e. The number of alkyl halides is 3. The van der Waals surface area contributed by atoms with Crippen LogP contribution in [0.2, 0.25) is 0 Å². The van der Waals surface area contributed by atoms with E-state index in [9.17, 15) is 13.2 Å². The Labute approximate surface area is 138 Å². The van der Waals surface area contributed by atoms with Gasteiger partial charge in [0.1, 0.15) is 6.26 Å². The lowest BCUT2D eigenvalue weighted by Crippen LogP contribution is -2.44. The van der Waals surface area contributed by atoms with Crippen LogP contribution in [0.15, 0.2) is 34.9 Å². The summed E-state index contributed by atoms with van der Waals surface area (Å²) in [5.41, 5.74) is 0.596. The smallest absolute Gasteiger partial charge is 0.416 e. The molecule has 7 heteroatoms. The molecule has 1 aliphatic heterocycles. The van der Waals surface area contributed by atoms with Crippen molar-refractivity contribution in [3.63, 3.8) is 0 Å². The van der Waals surface area contributed by atoms with Crippen molar-refractivity contribution in [2.75, 3.05) is 13.1 Å². The first-order valence-electron chi connectivity index (χ1n) is 7.81. The monoisotopic (exact) mass is 340 g/mol. The molecule has 4 nitrogen and oxygen atoms in total.